The lowest BCUT2D eigenvalue weighted by atomic mass is 9.85. The predicted octanol–water partition coefficient (Wildman–Crippen LogP) is 2.12. The molecular formula is C21H31N3O3. The molecule has 2 fully saturated rings. The van der Waals surface area contributed by atoms with Gasteiger partial charge in [0.2, 0.25) is 5.91 Å². The maximum absolute atomic E-state index is 12.6. The first-order valence-corrected chi connectivity index (χ1v) is 9.94. The second kappa shape index (κ2) is 8.85. The van der Waals surface area contributed by atoms with Crippen LogP contribution in [0.25, 0.3) is 0 Å². The topological polar surface area (TPSA) is 72.9 Å². The molecule has 4 unspecified atom stereocenters. The van der Waals surface area contributed by atoms with Crippen molar-refractivity contribution in [1.29, 1.82) is 0 Å². The lowest BCUT2D eigenvalue weighted by molar-refractivity contribution is -0.143. The van der Waals surface area contributed by atoms with Crippen LogP contribution in [-0.4, -0.2) is 66.1 Å². The summed E-state index contributed by atoms with van der Waals surface area (Å²) in [6, 6.07) is 9.90. The highest BCUT2D eigenvalue weighted by Crippen LogP contribution is 2.39. The number of aliphatic carboxylic acids is 1. The SMILES string of the molecule is CN(C)C(CNC(=O)CN1C(C(=O)O)CC2CCCCC21)c1ccccc1. The van der Waals surface area contributed by atoms with E-state index in [1.807, 2.05) is 37.2 Å². The average molecular weight is 373 g/mol. The highest BCUT2D eigenvalue weighted by atomic mass is 16.4. The summed E-state index contributed by atoms with van der Waals surface area (Å²) < 4.78 is 0. The van der Waals surface area contributed by atoms with Gasteiger partial charge < -0.3 is 15.3 Å². The van der Waals surface area contributed by atoms with Crippen molar-refractivity contribution in [3.63, 3.8) is 0 Å². The number of benzene rings is 1. The minimum absolute atomic E-state index is 0.0877. The average Bonchev–Trinajstić information content (AvgIpc) is 3.01. The number of likely N-dealkylation sites (N-methyl/N-ethyl adjacent to an activating group) is 1. The Hall–Kier alpha value is -1.92. The van der Waals surface area contributed by atoms with E-state index >= 15 is 0 Å². The lowest BCUT2D eigenvalue weighted by Crippen LogP contribution is -2.48. The van der Waals surface area contributed by atoms with Crippen molar-refractivity contribution in [2.45, 2.75) is 50.2 Å². The number of nitrogens with one attached hydrogen (secondary N) is 1. The van der Waals surface area contributed by atoms with E-state index in [1.54, 1.807) is 0 Å². The fourth-order valence-electron chi connectivity index (χ4n) is 4.73. The molecule has 27 heavy (non-hydrogen) atoms. The van der Waals surface area contributed by atoms with Crippen LogP contribution in [0, 0.1) is 5.92 Å². The van der Waals surface area contributed by atoms with Gasteiger partial charge in [0, 0.05) is 12.6 Å². The van der Waals surface area contributed by atoms with Crippen LogP contribution in [0.1, 0.15) is 43.7 Å². The lowest BCUT2D eigenvalue weighted by Gasteiger charge is -2.32. The minimum atomic E-state index is -0.798. The van der Waals surface area contributed by atoms with E-state index in [4.69, 9.17) is 0 Å². The molecular weight excluding hydrogens is 342 g/mol. The van der Waals surface area contributed by atoms with Crippen LogP contribution in [0.3, 0.4) is 0 Å². The number of hydrogen-bond donors (Lipinski definition) is 2. The number of likely N-dealkylation sites (tertiary alicyclic amines) is 1. The monoisotopic (exact) mass is 373 g/mol. The third-order valence-electron chi connectivity index (χ3n) is 6.13. The summed E-state index contributed by atoms with van der Waals surface area (Å²) in [6.07, 6.45) is 5.07. The molecule has 1 saturated heterocycles. The third kappa shape index (κ3) is 4.68. The molecule has 0 radical (unpaired) electrons. The van der Waals surface area contributed by atoms with Crippen LogP contribution in [0.2, 0.25) is 0 Å². The number of carboxylic acids is 1. The molecule has 3 rings (SSSR count). The Bertz CT molecular complexity index is 649. The number of nitrogens with zero attached hydrogens (tertiary/aromatic N) is 2. The van der Waals surface area contributed by atoms with Crippen LogP contribution >= 0.6 is 0 Å². The standard InChI is InChI=1S/C21H31N3O3/c1-23(2)19(15-8-4-3-5-9-15)13-22-20(25)14-24-17-11-7-6-10-16(17)12-18(24)21(26)27/h3-5,8-9,16-19H,6-7,10-14H2,1-2H3,(H,22,25)(H,26,27). The quantitative estimate of drug-likeness (QED) is 0.766. The Morgan fingerprint density at radius 1 is 1.22 bits per heavy atom. The summed E-state index contributed by atoms with van der Waals surface area (Å²) in [5, 5.41) is 12.6. The maximum atomic E-state index is 12.6. The van der Waals surface area contributed by atoms with Gasteiger partial charge in [0.1, 0.15) is 6.04 Å². The number of hydrogen-bond acceptors (Lipinski definition) is 4. The van der Waals surface area contributed by atoms with Crippen LogP contribution in [0.5, 0.6) is 0 Å². The maximum Gasteiger partial charge on any atom is 0.320 e. The Kier molecular flexibility index (Phi) is 6.50. The molecule has 2 N–H and O–H groups in total. The molecule has 0 aromatic heterocycles. The van der Waals surface area contributed by atoms with Crippen molar-refractivity contribution in [1.82, 2.24) is 15.1 Å². The van der Waals surface area contributed by atoms with E-state index in [9.17, 15) is 14.7 Å². The van der Waals surface area contributed by atoms with Gasteiger partial charge in [-0.15, -0.1) is 0 Å². The molecule has 1 aromatic carbocycles. The van der Waals surface area contributed by atoms with E-state index in [-0.39, 0.29) is 24.5 Å². The Morgan fingerprint density at radius 3 is 2.59 bits per heavy atom. The molecule has 1 saturated carbocycles. The number of carbonyl (C=O) groups excluding carboxylic acids is 1. The smallest absolute Gasteiger partial charge is 0.320 e. The Labute approximate surface area is 161 Å². The molecule has 2 aliphatic rings. The first-order chi connectivity index (χ1) is 13.0. The normalized spacial score (nSPS) is 26.6. The van der Waals surface area contributed by atoms with Crippen LogP contribution in [0.4, 0.5) is 0 Å². The van der Waals surface area contributed by atoms with E-state index in [0.717, 1.165) is 24.8 Å². The predicted molar refractivity (Wildman–Crippen MR) is 104 cm³/mol. The Morgan fingerprint density at radius 2 is 1.93 bits per heavy atom. The van der Waals surface area contributed by atoms with Gasteiger partial charge in [0.25, 0.3) is 0 Å². The van der Waals surface area contributed by atoms with Crippen molar-refractivity contribution in [2.24, 2.45) is 5.92 Å². The zero-order valence-corrected chi connectivity index (χ0v) is 16.3. The number of rotatable bonds is 7. The second-order valence-corrected chi connectivity index (χ2v) is 8.07. The Balaban J connectivity index is 1.61. The van der Waals surface area contributed by atoms with Crippen LogP contribution in [-0.2, 0) is 9.59 Å². The van der Waals surface area contributed by atoms with Crippen molar-refractivity contribution in [2.75, 3.05) is 27.2 Å². The summed E-state index contributed by atoms with van der Waals surface area (Å²) in [5.74, 6) is -0.464. The first kappa shape index (κ1) is 19.8. The van der Waals surface area contributed by atoms with Gasteiger partial charge in [-0.3, -0.25) is 14.5 Å². The van der Waals surface area contributed by atoms with Crippen molar-refractivity contribution >= 4 is 11.9 Å². The second-order valence-electron chi connectivity index (χ2n) is 8.07. The molecule has 1 aliphatic heterocycles. The molecule has 1 aromatic rings. The van der Waals surface area contributed by atoms with Crippen molar-refractivity contribution in [3.05, 3.63) is 35.9 Å². The molecule has 0 spiro atoms. The van der Waals surface area contributed by atoms with Crippen LogP contribution in [0.15, 0.2) is 30.3 Å². The van der Waals surface area contributed by atoms with Gasteiger partial charge in [0.15, 0.2) is 0 Å². The van der Waals surface area contributed by atoms with Gasteiger partial charge in [0.05, 0.1) is 12.6 Å². The summed E-state index contributed by atoms with van der Waals surface area (Å²) in [6.45, 7) is 0.683. The number of amides is 1. The molecule has 6 nitrogen and oxygen atoms in total. The summed E-state index contributed by atoms with van der Waals surface area (Å²) >= 11 is 0. The molecule has 4 atom stereocenters. The van der Waals surface area contributed by atoms with E-state index in [2.05, 4.69) is 22.3 Å². The number of fused-ring (bicyclic) bond motifs is 1. The largest absolute Gasteiger partial charge is 0.480 e. The third-order valence-corrected chi connectivity index (χ3v) is 6.13. The summed E-state index contributed by atoms with van der Waals surface area (Å²) in [7, 11) is 3.99. The van der Waals surface area contributed by atoms with Crippen molar-refractivity contribution < 1.29 is 14.7 Å². The highest BCUT2D eigenvalue weighted by Gasteiger charge is 2.45. The van der Waals surface area contributed by atoms with Gasteiger partial charge in [-0.25, -0.2) is 0 Å². The van der Waals surface area contributed by atoms with E-state index < -0.39 is 12.0 Å². The summed E-state index contributed by atoms with van der Waals surface area (Å²) in [4.78, 5) is 28.4. The van der Waals surface area contributed by atoms with E-state index in [0.29, 0.717) is 18.9 Å². The fraction of sp³-hybridized carbons (Fsp3) is 0.619. The molecule has 1 aliphatic carbocycles. The number of carboxylic acid groups (broad SMARTS) is 1. The van der Waals surface area contributed by atoms with E-state index in [1.165, 1.54) is 6.42 Å². The molecule has 1 heterocycles. The number of carbonyl (C=O) groups is 2. The van der Waals surface area contributed by atoms with Crippen molar-refractivity contribution in [3.8, 4) is 0 Å². The van der Waals surface area contributed by atoms with Gasteiger partial charge >= 0.3 is 5.97 Å². The van der Waals surface area contributed by atoms with Gasteiger partial charge in [-0.1, -0.05) is 43.2 Å². The molecule has 148 valence electrons. The highest BCUT2D eigenvalue weighted by molar-refractivity contribution is 5.80. The van der Waals surface area contributed by atoms with Gasteiger partial charge in [-0.05, 0) is 44.8 Å². The summed E-state index contributed by atoms with van der Waals surface area (Å²) in [5.41, 5.74) is 1.15. The fourth-order valence-corrected chi connectivity index (χ4v) is 4.73. The zero-order valence-electron chi connectivity index (χ0n) is 16.3. The molecule has 1 amide bonds. The van der Waals surface area contributed by atoms with Gasteiger partial charge in [-0.2, -0.15) is 0 Å². The molecule has 6 heteroatoms. The van der Waals surface area contributed by atoms with Crippen LogP contribution < -0.4 is 5.32 Å². The first-order valence-electron chi connectivity index (χ1n) is 9.94. The zero-order chi connectivity index (χ0) is 19.4. The molecule has 0 bridgehead atoms. The minimum Gasteiger partial charge on any atom is -0.480 e.